The van der Waals surface area contributed by atoms with E-state index in [9.17, 15) is 13.2 Å². The van der Waals surface area contributed by atoms with E-state index in [0.717, 1.165) is 21.5 Å². The predicted octanol–water partition coefficient (Wildman–Crippen LogP) is 4.84. The van der Waals surface area contributed by atoms with Crippen molar-refractivity contribution in [2.75, 3.05) is 0 Å². The molecule has 1 heterocycles. The van der Waals surface area contributed by atoms with Crippen molar-refractivity contribution in [1.29, 1.82) is 0 Å². The van der Waals surface area contributed by atoms with Crippen LogP contribution in [0.1, 0.15) is 22.0 Å². The van der Waals surface area contributed by atoms with E-state index in [2.05, 4.69) is 37.3 Å². The zero-order valence-corrected chi connectivity index (χ0v) is 13.8. The molecule has 0 saturated carbocycles. The highest BCUT2D eigenvalue weighted by Gasteiger charge is 2.32. The summed E-state index contributed by atoms with van der Waals surface area (Å²) < 4.78 is 39.8. The van der Waals surface area contributed by atoms with Gasteiger partial charge in [0.05, 0.1) is 11.6 Å². The molecule has 20 heavy (non-hydrogen) atoms. The number of nitrogens with two attached hydrogens (primary N) is 1. The molecular weight excluding hydrogens is 421 g/mol. The minimum atomic E-state index is -4.39. The fourth-order valence-corrected chi connectivity index (χ4v) is 3.91. The largest absolute Gasteiger partial charge is 0.416 e. The molecule has 1 unspecified atom stereocenters. The number of hydrogen-bond donors (Lipinski definition) is 2. The lowest BCUT2D eigenvalue weighted by Crippen LogP contribution is -2.29. The van der Waals surface area contributed by atoms with E-state index in [4.69, 9.17) is 5.84 Å². The fourth-order valence-electron chi connectivity index (χ4n) is 1.76. The van der Waals surface area contributed by atoms with Gasteiger partial charge in [-0.05, 0) is 51.1 Å². The lowest BCUT2D eigenvalue weighted by molar-refractivity contribution is -0.137. The molecule has 0 fully saturated rings. The van der Waals surface area contributed by atoms with Crippen molar-refractivity contribution >= 4 is 43.2 Å². The third-order valence-corrected chi connectivity index (χ3v) is 5.37. The van der Waals surface area contributed by atoms with Crippen molar-refractivity contribution in [3.05, 3.63) is 54.6 Å². The minimum absolute atomic E-state index is 0.436. The summed E-state index contributed by atoms with van der Waals surface area (Å²) in [5, 5.41) is 1.84. The highest BCUT2D eigenvalue weighted by Crippen LogP contribution is 2.38. The minimum Gasteiger partial charge on any atom is -0.271 e. The molecule has 1 atom stereocenters. The Morgan fingerprint density at radius 3 is 2.35 bits per heavy atom. The summed E-state index contributed by atoms with van der Waals surface area (Å²) in [7, 11) is 0. The SMILES string of the molecule is NNC(c1cc(C(F)(F)F)ccc1Br)c1sccc1Br. The van der Waals surface area contributed by atoms with E-state index >= 15 is 0 Å². The summed E-state index contributed by atoms with van der Waals surface area (Å²) >= 11 is 8.05. The van der Waals surface area contributed by atoms with Gasteiger partial charge in [0, 0.05) is 13.8 Å². The van der Waals surface area contributed by atoms with Gasteiger partial charge in [-0.3, -0.25) is 5.84 Å². The Labute approximate surface area is 134 Å². The van der Waals surface area contributed by atoms with Crippen molar-refractivity contribution in [3.8, 4) is 0 Å². The van der Waals surface area contributed by atoms with E-state index in [-0.39, 0.29) is 0 Å². The molecule has 1 aromatic heterocycles. The highest BCUT2D eigenvalue weighted by molar-refractivity contribution is 9.10. The van der Waals surface area contributed by atoms with Crippen LogP contribution < -0.4 is 11.3 Å². The summed E-state index contributed by atoms with van der Waals surface area (Å²) in [6, 6.07) is 4.81. The quantitative estimate of drug-likeness (QED) is 0.540. The number of thiophene rings is 1. The second-order valence-electron chi connectivity index (χ2n) is 3.97. The summed E-state index contributed by atoms with van der Waals surface area (Å²) in [6.07, 6.45) is -4.39. The lowest BCUT2D eigenvalue weighted by atomic mass is 10.0. The molecule has 0 radical (unpaired) electrons. The summed E-state index contributed by atoms with van der Waals surface area (Å²) in [6.45, 7) is 0. The van der Waals surface area contributed by atoms with Crippen LogP contribution in [0.5, 0.6) is 0 Å². The third kappa shape index (κ3) is 3.25. The molecule has 1 aromatic carbocycles. The topological polar surface area (TPSA) is 38.0 Å². The first-order valence-corrected chi connectivity index (χ1v) is 7.87. The van der Waals surface area contributed by atoms with Gasteiger partial charge >= 0.3 is 6.18 Å². The molecule has 0 saturated heterocycles. The normalized spacial score (nSPS) is 13.5. The van der Waals surface area contributed by atoms with E-state index in [1.807, 2.05) is 11.4 Å². The number of nitrogens with one attached hydrogen (secondary N) is 1. The third-order valence-electron chi connectivity index (χ3n) is 2.71. The van der Waals surface area contributed by atoms with Crippen LogP contribution in [-0.2, 0) is 6.18 Å². The number of rotatable bonds is 3. The van der Waals surface area contributed by atoms with Crippen LogP contribution in [-0.4, -0.2) is 0 Å². The molecule has 108 valence electrons. The molecule has 0 aliphatic carbocycles. The van der Waals surface area contributed by atoms with Gasteiger partial charge in [-0.15, -0.1) is 11.3 Å². The number of benzene rings is 1. The lowest BCUT2D eigenvalue weighted by Gasteiger charge is -2.19. The molecule has 0 bridgehead atoms. The second kappa shape index (κ2) is 6.15. The van der Waals surface area contributed by atoms with E-state index in [1.165, 1.54) is 17.4 Å². The standard InChI is InChI=1S/C12H9Br2F3N2S/c13-8-2-1-6(12(15,16)17)5-7(8)10(19-18)11-9(14)3-4-20-11/h1-5,10,19H,18H2. The summed E-state index contributed by atoms with van der Waals surface area (Å²) in [5.74, 6) is 5.53. The summed E-state index contributed by atoms with van der Waals surface area (Å²) in [5.41, 5.74) is 2.29. The van der Waals surface area contributed by atoms with E-state index in [1.54, 1.807) is 0 Å². The van der Waals surface area contributed by atoms with Gasteiger partial charge < -0.3 is 0 Å². The van der Waals surface area contributed by atoms with Crippen LogP contribution in [0.3, 0.4) is 0 Å². The van der Waals surface area contributed by atoms with Gasteiger partial charge in [0.2, 0.25) is 0 Å². The average molecular weight is 430 g/mol. The molecule has 0 spiro atoms. The van der Waals surface area contributed by atoms with E-state index in [0.29, 0.717) is 10.0 Å². The number of hydrazine groups is 1. The fraction of sp³-hybridized carbons (Fsp3) is 0.167. The van der Waals surface area contributed by atoms with Crippen molar-refractivity contribution in [3.63, 3.8) is 0 Å². The van der Waals surface area contributed by atoms with Crippen LogP contribution in [0.2, 0.25) is 0 Å². The maximum Gasteiger partial charge on any atom is 0.416 e. The van der Waals surface area contributed by atoms with Crippen molar-refractivity contribution in [1.82, 2.24) is 5.43 Å². The first-order valence-electron chi connectivity index (χ1n) is 5.40. The molecule has 2 nitrogen and oxygen atoms in total. The van der Waals surface area contributed by atoms with Crippen LogP contribution in [0.25, 0.3) is 0 Å². The van der Waals surface area contributed by atoms with Crippen LogP contribution >= 0.6 is 43.2 Å². The van der Waals surface area contributed by atoms with Crippen molar-refractivity contribution in [2.45, 2.75) is 12.2 Å². The first kappa shape index (κ1) is 16.0. The Morgan fingerprint density at radius 2 is 1.85 bits per heavy atom. The van der Waals surface area contributed by atoms with Gasteiger partial charge in [-0.1, -0.05) is 15.9 Å². The summed E-state index contributed by atoms with van der Waals surface area (Å²) in [4.78, 5) is 0.813. The van der Waals surface area contributed by atoms with Crippen LogP contribution in [0, 0.1) is 0 Å². The second-order valence-corrected chi connectivity index (χ2v) is 6.62. The van der Waals surface area contributed by atoms with Gasteiger partial charge in [0.15, 0.2) is 0 Å². The number of alkyl halides is 3. The Balaban J connectivity index is 2.52. The predicted molar refractivity (Wildman–Crippen MR) is 80.3 cm³/mol. The molecule has 8 heteroatoms. The molecular formula is C12H9Br2F3N2S. The molecule has 2 aromatic rings. The average Bonchev–Trinajstić information content (AvgIpc) is 2.78. The Morgan fingerprint density at radius 1 is 1.15 bits per heavy atom. The van der Waals surface area contributed by atoms with Gasteiger partial charge in [0.1, 0.15) is 0 Å². The molecule has 0 amide bonds. The van der Waals surface area contributed by atoms with Gasteiger partial charge in [0.25, 0.3) is 0 Å². The maximum atomic E-state index is 12.8. The first-order chi connectivity index (χ1) is 9.34. The van der Waals surface area contributed by atoms with Crippen LogP contribution in [0.4, 0.5) is 13.2 Å². The molecule has 0 aliphatic heterocycles. The zero-order valence-electron chi connectivity index (χ0n) is 9.84. The highest BCUT2D eigenvalue weighted by atomic mass is 79.9. The Kier molecular flexibility index (Phi) is 4.91. The van der Waals surface area contributed by atoms with E-state index < -0.39 is 17.8 Å². The molecule has 3 N–H and O–H groups in total. The monoisotopic (exact) mass is 428 g/mol. The number of halogens is 5. The maximum absolute atomic E-state index is 12.8. The van der Waals surface area contributed by atoms with Gasteiger partial charge in [-0.2, -0.15) is 13.2 Å². The Hall–Kier alpha value is -0.410. The van der Waals surface area contributed by atoms with Gasteiger partial charge in [-0.25, -0.2) is 5.43 Å². The smallest absolute Gasteiger partial charge is 0.271 e. The molecule has 0 aliphatic rings. The number of hydrogen-bond acceptors (Lipinski definition) is 3. The van der Waals surface area contributed by atoms with Crippen LogP contribution in [0.15, 0.2) is 38.6 Å². The van der Waals surface area contributed by atoms with Crippen molar-refractivity contribution < 1.29 is 13.2 Å². The Bertz CT molecular complexity index is 613. The zero-order chi connectivity index (χ0) is 14.9. The van der Waals surface area contributed by atoms with Crippen molar-refractivity contribution in [2.24, 2.45) is 5.84 Å². The molecule has 2 rings (SSSR count).